The minimum absolute atomic E-state index is 0.346. The molecule has 0 atom stereocenters. The van der Waals surface area contributed by atoms with Crippen molar-refractivity contribution in [2.24, 2.45) is 5.90 Å². The molecule has 4 rings (SSSR count). The van der Waals surface area contributed by atoms with E-state index in [-0.39, 0.29) is 5.97 Å². The van der Waals surface area contributed by atoms with Gasteiger partial charge in [0.2, 0.25) is 0 Å². The first-order chi connectivity index (χ1) is 11.3. The number of carbonyl (C=O) groups is 1. The minimum atomic E-state index is -0.359. The first-order valence-electron chi connectivity index (χ1n) is 7.83. The van der Waals surface area contributed by atoms with E-state index in [0.717, 1.165) is 12.8 Å². The minimum Gasteiger partial charge on any atom is -0.373 e. The van der Waals surface area contributed by atoms with Gasteiger partial charge in [-0.25, -0.2) is 0 Å². The highest BCUT2D eigenvalue weighted by molar-refractivity contribution is 6.23. The summed E-state index contributed by atoms with van der Waals surface area (Å²) in [6.45, 7) is 0. The molecule has 3 nitrogen and oxygen atoms in total. The van der Waals surface area contributed by atoms with Gasteiger partial charge in [-0.3, -0.25) is 4.79 Å². The molecule has 0 saturated carbocycles. The van der Waals surface area contributed by atoms with Gasteiger partial charge < -0.3 is 4.84 Å². The summed E-state index contributed by atoms with van der Waals surface area (Å²) in [5.41, 5.74) is 1.26. The number of rotatable bonds is 4. The third kappa shape index (κ3) is 2.30. The van der Waals surface area contributed by atoms with Crippen LogP contribution in [0.1, 0.15) is 18.4 Å². The van der Waals surface area contributed by atoms with Crippen LogP contribution in [0.2, 0.25) is 0 Å². The van der Waals surface area contributed by atoms with E-state index in [0.29, 0.717) is 6.42 Å². The van der Waals surface area contributed by atoms with Crippen LogP contribution in [-0.4, -0.2) is 5.97 Å². The lowest BCUT2D eigenvalue weighted by molar-refractivity contribution is -0.144. The summed E-state index contributed by atoms with van der Waals surface area (Å²) in [6, 6.07) is 19.5. The van der Waals surface area contributed by atoms with E-state index in [9.17, 15) is 4.79 Å². The first kappa shape index (κ1) is 14.0. The average Bonchev–Trinajstić information content (AvgIpc) is 2.60. The molecule has 0 amide bonds. The van der Waals surface area contributed by atoms with Crippen LogP contribution >= 0.6 is 0 Å². The van der Waals surface area contributed by atoms with Crippen LogP contribution in [0, 0.1) is 0 Å². The highest BCUT2D eigenvalue weighted by Crippen LogP contribution is 2.36. The molecular formula is C20H17NO2. The highest BCUT2D eigenvalue weighted by Gasteiger charge is 2.11. The van der Waals surface area contributed by atoms with E-state index in [1.807, 2.05) is 0 Å². The van der Waals surface area contributed by atoms with Crippen molar-refractivity contribution in [3.05, 3.63) is 60.2 Å². The van der Waals surface area contributed by atoms with Crippen LogP contribution in [-0.2, 0) is 16.1 Å². The normalized spacial score (nSPS) is 11.5. The second-order valence-electron chi connectivity index (χ2n) is 5.92. The second-order valence-corrected chi connectivity index (χ2v) is 5.92. The smallest absolute Gasteiger partial charge is 0.324 e. The van der Waals surface area contributed by atoms with Gasteiger partial charge >= 0.3 is 5.97 Å². The molecule has 0 aliphatic carbocycles. The molecule has 23 heavy (non-hydrogen) atoms. The third-order valence-electron chi connectivity index (χ3n) is 4.58. The maximum atomic E-state index is 11.2. The molecule has 0 spiro atoms. The van der Waals surface area contributed by atoms with Gasteiger partial charge in [0, 0.05) is 6.42 Å². The second kappa shape index (κ2) is 5.52. The van der Waals surface area contributed by atoms with Crippen LogP contribution in [0.4, 0.5) is 0 Å². The van der Waals surface area contributed by atoms with Crippen molar-refractivity contribution in [3.63, 3.8) is 0 Å². The van der Waals surface area contributed by atoms with Crippen molar-refractivity contribution in [2.75, 3.05) is 0 Å². The average molecular weight is 303 g/mol. The lowest BCUT2D eigenvalue weighted by Gasteiger charge is -2.13. The predicted molar refractivity (Wildman–Crippen MR) is 93.4 cm³/mol. The number of carbonyl (C=O) groups excluding carboxylic acids is 1. The fraction of sp³-hybridized carbons (Fsp3) is 0.150. The zero-order valence-electron chi connectivity index (χ0n) is 12.7. The molecule has 114 valence electrons. The highest BCUT2D eigenvalue weighted by atomic mass is 16.7. The standard InChI is InChI=1S/C20H17NO2/c21-23-18(22)6-2-3-13-7-8-16-10-9-14-4-1-5-15-11-12-17(13)20(16)19(14)15/h1,4-5,7-12H,2-3,6,21H2. The van der Waals surface area contributed by atoms with Crippen molar-refractivity contribution >= 4 is 38.3 Å². The molecule has 3 heteroatoms. The van der Waals surface area contributed by atoms with E-state index >= 15 is 0 Å². The van der Waals surface area contributed by atoms with E-state index in [1.165, 1.54) is 37.9 Å². The van der Waals surface area contributed by atoms with Gasteiger partial charge in [-0.05, 0) is 50.7 Å². The van der Waals surface area contributed by atoms with Gasteiger partial charge in [-0.1, -0.05) is 54.6 Å². The summed E-state index contributed by atoms with van der Waals surface area (Å²) in [4.78, 5) is 15.4. The SMILES string of the molecule is NOC(=O)CCCc1ccc2ccc3cccc4ccc1c2c34. The maximum Gasteiger partial charge on any atom is 0.324 e. The van der Waals surface area contributed by atoms with E-state index < -0.39 is 0 Å². The number of nitrogens with two attached hydrogens (primary N) is 1. The summed E-state index contributed by atoms with van der Waals surface area (Å²) in [5, 5.41) is 7.71. The molecular weight excluding hydrogens is 286 g/mol. The number of benzene rings is 4. The Balaban J connectivity index is 1.85. The van der Waals surface area contributed by atoms with E-state index in [1.54, 1.807) is 0 Å². The van der Waals surface area contributed by atoms with Crippen LogP contribution in [0.25, 0.3) is 32.3 Å². The van der Waals surface area contributed by atoms with Crippen LogP contribution in [0.3, 0.4) is 0 Å². The van der Waals surface area contributed by atoms with Gasteiger partial charge in [-0.15, -0.1) is 0 Å². The molecule has 0 aliphatic rings. The summed E-state index contributed by atoms with van der Waals surface area (Å²) >= 11 is 0. The molecule has 0 radical (unpaired) electrons. The number of hydrogen-bond acceptors (Lipinski definition) is 3. The third-order valence-corrected chi connectivity index (χ3v) is 4.58. The van der Waals surface area contributed by atoms with Gasteiger partial charge in [0.15, 0.2) is 0 Å². The van der Waals surface area contributed by atoms with Gasteiger partial charge in [-0.2, -0.15) is 5.90 Å². The van der Waals surface area contributed by atoms with Crippen molar-refractivity contribution in [1.82, 2.24) is 0 Å². The van der Waals surface area contributed by atoms with Crippen molar-refractivity contribution in [1.29, 1.82) is 0 Å². The van der Waals surface area contributed by atoms with Gasteiger partial charge in [0.25, 0.3) is 0 Å². The number of aryl methyl sites for hydroxylation is 1. The largest absolute Gasteiger partial charge is 0.373 e. The molecule has 4 aromatic carbocycles. The lowest BCUT2D eigenvalue weighted by atomic mass is 9.90. The monoisotopic (exact) mass is 303 g/mol. The summed E-state index contributed by atoms with van der Waals surface area (Å²) in [7, 11) is 0. The molecule has 0 aromatic heterocycles. The lowest BCUT2D eigenvalue weighted by Crippen LogP contribution is -2.09. The van der Waals surface area contributed by atoms with Gasteiger partial charge in [0.05, 0.1) is 0 Å². The Morgan fingerprint density at radius 3 is 2.26 bits per heavy atom. The molecule has 2 N–H and O–H groups in total. The van der Waals surface area contributed by atoms with Crippen molar-refractivity contribution in [2.45, 2.75) is 19.3 Å². The molecule has 0 saturated heterocycles. The Morgan fingerprint density at radius 1 is 0.870 bits per heavy atom. The summed E-state index contributed by atoms with van der Waals surface area (Å²) in [5.74, 6) is 4.53. The van der Waals surface area contributed by atoms with E-state index in [4.69, 9.17) is 5.90 Å². The van der Waals surface area contributed by atoms with Crippen LogP contribution < -0.4 is 5.90 Å². The molecule has 0 bridgehead atoms. The Labute approximate surface area is 133 Å². The molecule has 0 fully saturated rings. The molecule has 0 heterocycles. The number of hydrogen-bond donors (Lipinski definition) is 1. The molecule has 4 aromatic rings. The molecule has 0 aliphatic heterocycles. The fourth-order valence-electron chi connectivity index (χ4n) is 3.50. The zero-order chi connectivity index (χ0) is 15.8. The quantitative estimate of drug-likeness (QED) is 0.451. The van der Waals surface area contributed by atoms with Crippen molar-refractivity contribution in [3.8, 4) is 0 Å². The Bertz CT molecular complexity index is 991. The van der Waals surface area contributed by atoms with Gasteiger partial charge in [0.1, 0.15) is 0 Å². The van der Waals surface area contributed by atoms with Crippen LogP contribution in [0.15, 0.2) is 54.6 Å². The Morgan fingerprint density at radius 2 is 1.52 bits per heavy atom. The predicted octanol–water partition coefficient (Wildman–Crippen LogP) is 4.32. The summed E-state index contributed by atoms with van der Waals surface area (Å²) < 4.78 is 0. The fourth-order valence-corrected chi connectivity index (χ4v) is 3.50. The topological polar surface area (TPSA) is 52.3 Å². The van der Waals surface area contributed by atoms with Crippen molar-refractivity contribution < 1.29 is 9.63 Å². The first-order valence-corrected chi connectivity index (χ1v) is 7.83. The maximum absolute atomic E-state index is 11.2. The Kier molecular flexibility index (Phi) is 3.36. The summed E-state index contributed by atoms with van der Waals surface area (Å²) in [6.07, 6.45) is 1.92. The van der Waals surface area contributed by atoms with Crippen LogP contribution in [0.5, 0.6) is 0 Å². The Hall–Kier alpha value is -2.65. The molecule has 0 unspecified atom stereocenters. The zero-order valence-corrected chi connectivity index (χ0v) is 12.7. The van der Waals surface area contributed by atoms with E-state index in [2.05, 4.69) is 59.4 Å².